The van der Waals surface area contributed by atoms with Gasteiger partial charge in [-0.3, -0.25) is 0 Å². The highest BCUT2D eigenvalue weighted by molar-refractivity contribution is 9.06. The lowest BCUT2D eigenvalue weighted by atomic mass is 10.00. The first kappa shape index (κ1) is 12.3. The van der Waals surface area contributed by atoms with Crippen molar-refractivity contribution in [3.05, 3.63) is 41.6 Å². The van der Waals surface area contributed by atoms with Crippen LogP contribution in [-0.2, 0) is 10.2 Å². The normalized spacial score (nSPS) is 22.6. The molecule has 1 aromatic rings. The summed E-state index contributed by atoms with van der Waals surface area (Å²) >= 11 is 2.80. The number of amides is 1. The number of halogens is 1. The highest BCUT2D eigenvalue weighted by atomic mass is 79.9. The zero-order valence-electron chi connectivity index (χ0n) is 9.94. The van der Waals surface area contributed by atoms with Gasteiger partial charge in [0, 0.05) is 24.5 Å². The molecule has 0 N–H and O–H groups in total. The van der Waals surface area contributed by atoms with Crippen molar-refractivity contribution in [1.29, 1.82) is 0 Å². The zero-order valence-corrected chi connectivity index (χ0v) is 11.5. The van der Waals surface area contributed by atoms with Crippen molar-refractivity contribution in [2.75, 3.05) is 7.05 Å². The van der Waals surface area contributed by atoms with Crippen molar-refractivity contribution in [1.82, 2.24) is 4.48 Å². The molecule has 90 valence electrons. The first-order chi connectivity index (χ1) is 8.14. The number of hydrogen-bond acceptors (Lipinski definition) is 2. The van der Waals surface area contributed by atoms with Crippen molar-refractivity contribution in [3.63, 3.8) is 0 Å². The van der Waals surface area contributed by atoms with Crippen molar-refractivity contribution in [2.45, 2.75) is 19.8 Å². The SMILES string of the molecule is CCC1=CCc2ccccc2[N@@+]1(C)C(=O)OBr. The fourth-order valence-corrected chi connectivity index (χ4v) is 2.72. The molecule has 0 saturated heterocycles. The van der Waals surface area contributed by atoms with E-state index in [-0.39, 0.29) is 10.6 Å². The molecule has 3 nitrogen and oxygen atoms in total. The first-order valence-electron chi connectivity index (χ1n) is 5.62. The molecule has 0 saturated carbocycles. The number of carbonyl (C=O) groups excluding carboxylic acids is 1. The van der Waals surface area contributed by atoms with Gasteiger partial charge in [-0.05, 0) is 6.08 Å². The van der Waals surface area contributed by atoms with Gasteiger partial charge in [0.05, 0.1) is 7.05 Å². The third-order valence-corrected chi connectivity index (χ3v) is 3.68. The minimum atomic E-state index is -0.315. The van der Waals surface area contributed by atoms with E-state index < -0.39 is 0 Å². The van der Waals surface area contributed by atoms with Crippen LogP contribution in [-0.4, -0.2) is 13.1 Å². The number of carbonyl (C=O) groups is 1. The number of fused-ring (bicyclic) bond motifs is 1. The minimum Gasteiger partial charge on any atom is -0.337 e. The maximum atomic E-state index is 12.1. The van der Waals surface area contributed by atoms with Crippen LogP contribution in [0.15, 0.2) is 36.0 Å². The maximum Gasteiger partial charge on any atom is 0.537 e. The Morgan fingerprint density at radius 2 is 2.18 bits per heavy atom. The molecule has 0 radical (unpaired) electrons. The second-order valence-electron chi connectivity index (χ2n) is 4.23. The lowest BCUT2D eigenvalue weighted by Crippen LogP contribution is -2.50. The van der Waals surface area contributed by atoms with Crippen LogP contribution in [0.4, 0.5) is 10.5 Å². The fourth-order valence-electron chi connectivity index (χ4n) is 2.43. The van der Waals surface area contributed by atoms with Gasteiger partial charge in [0.2, 0.25) is 0 Å². The Hall–Kier alpha value is -1.13. The van der Waals surface area contributed by atoms with Crippen LogP contribution in [0.2, 0.25) is 0 Å². The molecule has 17 heavy (non-hydrogen) atoms. The third kappa shape index (κ3) is 1.81. The summed E-state index contributed by atoms with van der Waals surface area (Å²) in [7, 11) is 1.87. The number of rotatable bonds is 1. The molecule has 1 heterocycles. The minimum absolute atomic E-state index is 0.0952. The van der Waals surface area contributed by atoms with Crippen molar-refractivity contribution >= 4 is 28.0 Å². The highest BCUT2D eigenvalue weighted by Crippen LogP contribution is 2.37. The van der Waals surface area contributed by atoms with Crippen LogP contribution in [0.3, 0.4) is 0 Å². The van der Waals surface area contributed by atoms with E-state index in [0.717, 1.165) is 24.2 Å². The van der Waals surface area contributed by atoms with Crippen LogP contribution in [0.1, 0.15) is 18.9 Å². The second kappa shape index (κ2) is 4.63. The molecule has 1 amide bonds. The summed E-state index contributed by atoms with van der Waals surface area (Å²) in [6, 6.07) is 7.99. The number of nitrogens with zero attached hydrogens (tertiary/aromatic N) is 1. The molecule has 1 aliphatic heterocycles. The van der Waals surface area contributed by atoms with Gasteiger partial charge in [-0.15, -0.1) is 0 Å². The van der Waals surface area contributed by atoms with Crippen LogP contribution in [0.25, 0.3) is 0 Å². The summed E-state index contributed by atoms with van der Waals surface area (Å²) < 4.78 is 4.88. The van der Waals surface area contributed by atoms with Crippen molar-refractivity contribution < 1.29 is 8.62 Å². The molecule has 4 heteroatoms. The Bertz CT molecular complexity index is 484. The molecule has 0 spiro atoms. The quantitative estimate of drug-likeness (QED) is 0.734. The third-order valence-electron chi connectivity index (χ3n) is 3.40. The van der Waals surface area contributed by atoms with Crippen LogP contribution in [0, 0.1) is 0 Å². The molecule has 1 aliphatic rings. The predicted molar refractivity (Wildman–Crippen MR) is 71.6 cm³/mol. The second-order valence-corrected chi connectivity index (χ2v) is 4.55. The van der Waals surface area contributed by atoms with E-state index in [0.29, 0.717) is 0 Å². The van der Waals surface area contributed by atoms with Gasteiger partial charge in [-0.2, -0.15) is 9.28 Å². The fraction of sp³-hybridized carbons (Fsp3) is 0.308. The lowest BCUT2D eigenvalue weighted by Gasteiger charge is -2.34. The molecule has 0 fully saturated rings. The van der Waals surface area contributed by atoms with Gasteiger partial charge in [-0.1, -0.05) is 25.1 Å². The summed E-state index contributed by atoms with van der Waals surface area (Å²) in [5.41, 5.74) is 3.23. The Balaban J connectivity index is 2.61. The summed E-state index contributed by atoms with van der Waals surface area (Å²) in [5.74, 6) is 0. The van der Waals surface area contributed by atoms with Gasteiger partial charge >= 0.3 is 6.09 Å². The average Bonchev–Trinajstić information content (AvgIpc) is 2.38. The molecule has 1 aromatic carbocycles. The largest absolute Gasteiger partial charge is 0.537 e. The topological polar surface area (TPSA) is 26.3 Å². The molecule has 0 unspecified atom stereocenters. The summed E-state index contributed by atoms with van der Waals surface area (Å²) in [4.78, 5) is 12.1. The van der Waals surface area contributed by atoms with Gasteiger partial charge in [0.1, 0.15) is 5.70 Å². The Labute approximate surface area is 110 Å². The maximum absolute atomic E-state index is 12.1. The Morgan fingerprint density at radius 3 is 2.82 bits per heavy atom. The lowest BCUT2D eigenvalue weighted by molar-refractivity contribution is 0.183. The molecule has 0 bridgehead atoms. The standard InChI is InChI=1S/C13H15BrNO2/c1-3-11-9-8-10-6-4-5-7-12(10)15(11,2)13(16)17-14/h4-7,9H,3,8H2,1-2H3/q+1/t15-/m0/s1. The Kier molecular flexibility index (Phi) is 3.35. The molecule has 1 atom stereocenters. The highest BCUT2D eigenvalue weighted by Gasteiger charge is 2.43. The predicted octanol–water partition coefficient (Wildman–Crippen LogP) is 3.92. The number of para-hydroxylation sites is 1. The van der Waals surface area contributed by atoms with E-state index in [4.69, 9.17) is 3.83 Å². The number of quaternary nitrogens is 1. The number of hydrogen-bond donors (Lipinski definition) is 0. The monoisotopic (exact) mass is 296 g/mol. The van der Waals surface area contributed by atoms with E-state index in [1.807, 2.05) is 25.2 Å². The van der Waals surface area contributed by atoms with Gasteiger partial charge in [0.25, 0.3) is 0 Å². The molecular weight excluding hydrogens is 282 g/mol. The van der Waals surface area contributed by atoms with Crippen molar-refractivity contribution in [2.24, 2.45) is 0 Å². The number of benzene rings is 1. The molecular formula is C13H15BrNO2+. The van der Waals surface area contributed by atoms with Crippen LogP contribution < -0.4 is 4.48 Å². The van der Waals surface area contributed by atoms with Gasteiger partial charge < -0.3 is 3.83 Å². The zero-order chi connectivity index (χ0) is 12.5. The Morgan fingerprint density at radius 1 is 1.47 bits per heavy atom. The molecule has 0 aromatic heterocycles. The smallest absolute Gasteiger partial charge is 0.337 e. The van der Waals surface area contributed by atoms with E-state index in [1.165, 1.54) is 5.56 Å². The van der Waals surface area contributed by atoms with E-state index in [9.17, 15) is 4.79 Å². The number of allylic oxidation sites excluding steroid dienone is 2. The molecule has 0 aliphatic carbocycles. The van der Waals surface area contributed by atoms with Gasteiger partial charge in [-0.25, -0.2) is 0 Å². The summed E-state index contributed by atoms with van der Waals surface area (Å²) in [5, 5.41) is 0. The van der Waals surface area contributed by atoms with E-state index in [2.05, 4.69) is 35.3 Å². The van der Waals surface area contributed by atoms with E-state index >= 15 is 0 Å². The van der Waals surface area contributed by atoms with Crippen LogP contribution in [0.5, 0.6) is 0 Å². The van der Waals surface area contributed by atoms with Crippen LogP contribution >= 0.6 is 16.3 Å². The van der Waals surface area contributed by atoms with E-state index in [1.54, 1.807) is 0 Å². The average molecular weight is 297 g/mol. The molecule has 2 rings (SSSR count). The van der Waals surface area contributed by atoms with Gasteiger partial charge in [0.15, 0.2) is 21.9 Å². The summed E-state index contributed by atoms with van der Waals surface area (Å²) in [6.07, 6.45) is 3.51. The van der Waals surface area contributed by atoms with Crippen molar-refractivity contribution in [3.8, 4) is 0 Å². The first-order valence-corrected chi connectivity index (χ1v) is 6.27. The summed E-state index contributed by atoms with van der Waals surface area (Å²) in [6.45, 7) is 2.05.